The van der Waals surface area contributed by atoms with Crippen molar-refractivity contribution in [2.75, 3.05) is 13.2 Å². The molecule has 8 bridgehead atoms. The standard InChI is InChI=1S/C62H90N13O14P.CH3.Co/c1-29-20-39-40(21-30(29)2)75(28-70-39)57-52(84)53(41(27-76)87-57)89-90(85,86)88-31(3)26-69-49(83)18-19-59(8)37(22-46(66)80)56-62(11)61(10,25-48(68)82)36(14-17-45(65)79)51(74-62)33(5)55-60(9,24-47(67)81)34(12-15-43(63)77)38(71-55)23-42-58(6,7)35(13-16-44(64)78)50(72-42)32(4)54(59)73-56;;/h20-21,23,28,31,34-37,41,52-53,56-57,76,84H,12-19,22,24-27H2,1-11H3,(H15,63,64,65,66,67,68,69,71,72,73,74,77,78,79,80,81,82,83,85,86);1H3;/q;-1;+2/p-1/t31?,34-,35-,36-,37+,41-,52-,53-,56-,57+,59-,60+,61+,62+;;/m1../s1. The van der Waals surface area contributed by atoms with Crippen LogP contribution in [0.15, 0.2) is 67.8 Å². The van der Waals surface area contributed by atoms with Gasteiger partial charge in [-0.1, -0.05) is 40.7 Å². The van der Waals surface area contributed by atoms with Gasteiger partial charge >= 0.3 is 24.6 Å². The summed E-state index contributed by atoms with van der Waals surface area (Å²) in [5.41, 5.74) is 36.8. The topological polar surface area (TPSA) is 462 Å². The third-order valence-corrected chi connectivity index (χ3v) is 21.6. The molecule has 1 aromatic carbocycles. The molecule has 6 aliphatic rings. The predicted molar refractivity (Wildman–Crippen MR) is 340 cm³/mol. The number of fused-ring (bicyclic) bond motifs is 7. The number of aryl methyl sites for hydroxylation is 2. The van der Waals surface area contributed by atoms with Crippen LogP contribution in [0.2, 0.25) is 0 Å². The van der Waals surface area contributed by atoms with Crippen molar-refractivity contribution in [2.45, 2.75) is 189 Å². The zero-order valence-electron chi connectivity index (χ0n) is 54.5. The van der Waals surface area contributed by atoms with Crippen molar-refractivity contribution in [1.29, 1.82) is 0 Å². The number of benzene rings is 1. The Bertz CT molecular complexity index is 3540. The first kappa shape index (κ1) is 74.5. The largest absolute Gasteiger partial charge is 2.00 e. The van der Waals surface area contributed by atoms with Crippen molar-refractivity contribution in [3.05, 3.63) is 76.6 Å². The number of rotatable bonds is 26. The molecule has 7 amide bonds. The second-order valence-corrected chi connectivity index (χ2v) is 28.4. The van der Waals surface area contributed by atoms with Crippen molar-refractivity contribution in [1.82, 2.24) is 14.9 Å². The van der Waals surface area contributed by atoms with E-state index < -0.39 is 143 Å². The number of carbonyl (C=O) groups excluding carboxylic acids is 7. The number of phosphoric acid groups is 1. The molecule has 507 valence electrons. The molecule has 16 N–H and O–H groups in total. The van der Waals surface area contributed by atoms with Crippen LogP contribution in [-0.2, 0) is 68.7 Å². The normalized spacial score (nSPS) is 33.5. The number of aromatic nitrogens is 2. The number of phosphoric ester groups is 1. The molecule has 2 aromatic rings. The van der Waals surface area contributed by atoms with E-state index in [1.165, 1.54) is 13.3 Å². The van der Waals surface area contributed by atoms with Crippen LogP contribution in [0, 0.1) is 66.6 Å². The Kier molecular flexibility index (Phi) is 22.6. The van der Waals surface area contributed by atoms with Gasteiger partial charge in [0.25, 0.3) is 0 Å². The van der Waals surface area contributed by atoms with Gasteiger partial charge in [-0.2, -0.15) is 5.70 Å². The van der Waals surface area contributed by atoms with E-state index in [1.54, 1.807) is 11.5 Å². The number of allylic oxidation sites excluding steroid dienone is 6. The fourth-order valence-electron chi connectivity index (χ4n) is 15.3. The average molecular weight is 1350 g/mol. The van der Waals surface area contributed by atoms with E-state index in [2.05, 4.69) is 10.3 Å². The SMILES string of the molecule is C/C1=C2/[N-][C@H]([C@H](CC(N)=O)[C@@]2(C)CCC(=O)NCC(C)OP(=O)(O)O[C@H]2[C@@H](O)[C@@H](n3cnc4cc(C)c(C)cc43)O[C@@H]2CO)[C@]2(C)N=C(/C(C)=C3N=C(/C=C4N=C1[C@@H](CCC(N)=O)C\4(C)C)[C@@H](CCC(N)=O)[C@]\3(C)CC(N)=O)[C@@H](CCC(N)=O)[C@]2(C)CC(N)=O.[CH3-].[Co+2]. The number of hydrogen-bond acceptors (Lipinski definition) is 17. The third-order valence-electron chi connectivity index (χ3n) is 20.5. The summed E-state index contributed by atoms with van der Waals surface area (Å²) in [5, 5.41) is 30.2. The minimum Gasteiger partial charge on any atom is -0.682 e. The molecule has 2 unspecified atom stereocenters. The first-order valence-corrected chi connectivity index (χ1v) is 32.0. The van der Waals surface area contributed by atoms with Crippen LogP contribution in [0.1, 0.15) is 150 Å². The molecule has 27 nitrogen and oxygen atoms in total. The molecule has 1 radical (unpaired) electrons. The summed E-state index contributed by atoms with van der Waals surface area (Å²) in [7, 11) is -5.07. The first-order chi connectivity index (χ1) is 41.8. The number of imidazole rings is 1. The zero-order chi connectivity index (χ0) is 66.7. The number of aliphatic hydroxyl groups is 2. The average Bonchev–Trinajstić information content (AvgIpc) is 1.53. The van der Waals surface area contributed by atoms with Crippen molar-refractivity contribution in [3.8, 4) is 0 Å². The van der Waals surface area contributed by atoms with E-state index in [4.69, 9.17) is 68.5 Å². The third kappa shape index (κ3) is 14.1. The Balaban J connectivity index is 0.00000672. The van der Waals surface area contributed by atoms with Gasteiger partial charge < -0.3 is 76.9 Å². The number of aliphatic hydroxyl groups excluding tert-OH is 2. The zero-order valence-corrected chi connectivity index (χ0v) is 56.5. The fourth-order valence-corrected chi connectivity index (χ4v) is 16.5. The van der Waals surface area contributed by atoms with Crippen LogP contribution in [0.4, 0.5) is 0 Å². The van der Waals surface area contributed by atoms with Gasteiger partial charge in [-0.15, -0.1) is 0 Å². The molecule has 7 heterocycles. The van der Waals surface area contributed by atoms with Crippen LogP contribution in [0.5, 0.6) is 0 Å². The molecular weight excluding hydrogens is 1250 g/mol. The van der Waals surface area contributed by atoms with Crippen molar-refractivity contribution in [3.63, 3.8) is 0 Å². The number of aliphatic imine (C=N–C) groups is 3. The number of nitrogens with zero attached hydrogens (tertiary/aromatic N) is 6. The van der Waals surface area contributed by atoms with E-state index in [1.807, 2.05) is 80.5 Å². The minimum absolute atomic E-state index is 0. The smallest absolute Gasteiger partial charge is 0.682 e. The minimum atomic E-state index is -5.07. The van der Waals surface area contributed by atoms with Gasteiger partial charge in [-0.3, -0.25) is 57.6 Å². The summed E-state index contributed by atoms with van der Waals surface area (Å²) in [6.07, 6.45) is -4.47. The Hall–Kier alpha value is -6.49. The summed E-state index contributed by atoms with van der Waals surface area (Å²) < 4.78 is 32.3. The van der Waals surface area contributed by atoms with E-state index in [-0.39, 0.29) is 101 Å². The van der Waals surface area contributed by atoms with Crippen LogP contribution in [0.25, 0.3) is 16.4 Å². The second-order valence-electron chi connectivity index (χ2n) is 27.0. The molecule has 0 saturated carbocycles. The maximum absolute atomic E-state index is 14.4. The first-order valence-electron chi connectivity index (χ1n) is 30.5. The van der Waals surface area contributed by atoms with Gasteiger partial charge in [-0.05, 0) is 119 Å². The number of carbonyl (C=O) groups is 7. The molecule has 6 aliphatic heterocycles. The van der Waals surface area contributed by atoms with Gasteiger partial charge in [0.2, 0.25) is 41.4 Å². The van der Waals surface area contributed by atoms with Crippen LogP contribution >= 0.6 is 7.82 Å². The molecule has 29 heteroatoms. The van der Waals surface area contributed by atoms with Crippen molar-refractivity contribution >= 4 is 77.3 Å². The fraction of sp³-hybridized carbons (Fsp3) is 0.619. The van der Waals surface area contributed by atoms with Crippen LogP contribution in [-0.4, -0.2) is 132 Å². The van der Waals surface area contributed by atoms with E-state index in [9.17, 15) is 53.2 Å². The molecule has 0 aliphatic carbocycles. The quantitative estimate of drug-likeness (QED) is 0.0461. The van der Waals surface area contributed by atoms with Gasteiger partial charge in [0.05, 0.1) is 41.3 Å². The molecule has 0 spiro atoms. The number of amides is 7. The summed E-state index contributed by atoms with van der Waals surface area (Å²) >= 11 is 0. The van der Waals surface area contributed by atoms with Gasteiger partial charge in [0.15, 0.2) is 6.23 Å². The molecule has 92 heavy (non-hydrogen) atoms. The number of primary amides is 6. The number of nitrogens with two attached hydrogens (primary N) is 6. The second kappa shape index (κ2) is 27.8. The Morgan fingerprint density at radius 1 is 0.783 bits per heavy atom. The van der Waals surface area contributed by atoms with E-state index in [0.717, 1.165) is 11.1 Å². The predicted octanol–water partition coefficient (Wildman–Crippen LogP) is 4.40. The summed E-state index contributed by atoms with van der Waals surface area (Å²) in [5.74, 6) is -7.34. The molecule has 1 aromatic heterocycles. The molecular formula is C63H92CoN13O14P. The number of nitrogens with one attached hydrogen (secondary N) is 1. The van der Waals surface area contributed by atoms with Gasteiger partial charge in [-0.25, -0.2) is 9.55 Å². The summed E-state index contributed by atoms with van der Waals surface area (Å²) in [6.45, 7) is 19.1. The van der Waals surface area contributed by atoms with Crippen LogP contribution < -0.4 is 39.7 Å². The van der Waals surface area contributed by atoms with Crippen molar-refractivity contribution in [2.24, 2.45) is 94.7 Å². The van der Waals surface area contributed by atoms with Crippen molar-refractivity contribution < 1.29 is 83.8 Å². The number of ether oxygens (including phenoxy) is 1. The van der Waals surface area contributed by atoms with E-state index >= 15 is 0 Å². The molecule has 15 atom stereocenters. The Morgan fingerprint density at radius 2 is 1.37 bits per heavy atom. The number of hydrogen-bond donors (Lipinski definition) is 10. The maximum Gasteiger partial charge on any atom is 2.00 e. The monoisotopic (exact) mass is 1340 g/mol. The van der Waals surface area contributed by atoms with E-state index in [0.29, 0.717) is 56.4 Å². The van der Waals surface area contributed by atoms with Gasteiger partial charge in [0.1, 0.15) is 18.3 Å². The molecule has 2 fully saturated rings. The Labute approximate surface area is 547 Å². The Morgan fingerprint density at radius 3 is 1.95 bits per heavy atom. The molecule has 2 saturated heterocycles. The summed E-state index contributed by atoms with van der Waals surface area (Å²) in [6, 6.07) is 2.68. The maximum atomic E-state index is 14.4. The molecule has 8 rings (SSSR count). The summed E-state index contributed by atoms with van der Waals surface area (Å²) in [4.78, 5) is 125. The van der Waals surface area contributed by atoms with Crippen LogP contribution in [0.3, 0.4) is 0 Å². The van der Waals surface area contributed by atoms with Gasteiger partial charge in [0, 0.05) is 108 Å².